The van der Waals surface area contributed by atoms with Crippen molar-refractivity contribution in [3.8, 4) is 0 Å². The van der Waals surface area contributed by atoms with Crippen molar-refractivity contribution in [2.45, 2.75) is 13.8 Å². The molecule has 5 nitrogen and oxygen atoms in total. The maximum Gasteiger partial charge on any atom is 0.298 e. The number of rotatable bonds is 9. The van der Waals surface area contributed by atoms with E-state index in [-0.39, 0.29) is 6.79 Å². The first-order valence-electron chi connectivity index (χ1n) is 4.24. The molecule has 0 radical (unpaired) electrons. The van der Waals surface area contributed by atoms with Gasteiger partial charge in [-0.15, -0.1) is 0 Å². The summed E-state index contributed by atoms with van der Waals surface area (Å²) in [6, 6.07) is 0. The molecule has 0 aliphatic rings. The summed E-state index contributed by atoms with van der Waals surface area (Å²) >= 11 is 0. The van der Waals surface area contributed by atoms with Gasteiger partial charge in [-0.2, -0.15) is 0 Å². The molecule has 0 aliphatic carbocycles. The zero-order valence-electron chi connectivity index (χ0n) is 8.95. The van der Waals surface area contributed by atoms with Crippen LogP contribution in [0.2, 0.25) is 0 Å². The second-order valence-electron chi connectivity index (χ2n) is 2.73. The van der Waals surface area contributed by atoms with Crippen molar-refractivity contribution in [3.05, 3.63) is 11.8 Å². The quantitative estimate of drug-likeness (QED) is 0.235. The minimum atomic E-state index is -0.935. The summed E-state index contributed by atoms with van der Waals surface area (Å²) in [5.41, 5.74) is 1.11. The van der Waals surface area contributed by atoms with Crippen LogP contribution in [-0.4, -0.2) is 40.7 Å². The van der Waals surface area contributed by atoms with Crippen LogP contribution in [-0.2, 0) is 22.4 Å². The third kappa shape index (κ3) is 11.8. The lowest BCUT2D eigenvalue weighted by molar-refractivity contribution is 0.0397. The fraction of sp³-hybridized carbons (Fsp3) is 0.714. The Morgan fingerprint density at radius 3 is 2.36 bits per heavy atom. The van der Waals surface area contributed by atoms with Gasteiger partial charge >= 0.3 is 0 Å². The molecule has 0 heterocycles. The number of methoxy groups -OCH3 is 1. The van der Waals surface area contributed by atoms with Crippen LogP contribution in [0.3, 0.4) is 0 Å². The molecule has 0 fully saturated rings. The van der Waals surface area contributed by atoms with Gasteiger partial charge in [0.2, 0.25) is 0 Å². The fourth-order valence-corrected chi connectivity index (χ4v) is 2.17. The SMILES string of the molecule is COCO[SiH2]O[SiH2]OCOC=C(C)C. The summed E-state index contributed by atoms with van der Waals surface area (Å²) in [6.07, 6.45) is 1.66. The van der Waals surface area contributed by atoms with Gasteiger partial charge in [0.25, 0.3) is 20.0 Å². The van der Waals surface area contributed by atoms with Gasteiger partial charge in [0, 0.05) is 7.11 Å². The van der Waals surface area contributed by atoms with E-state index in [9.17, 15) is 0 Å². The molecule has 0 aliphatic heterocycles. The molecule has 0 aromatic rings. The molecule has 0 atom stereocenters. The molecule has 0 aromatic carbocycles. The monoisotopic (exact) mass is 238 g/mol. The van der Waals surface area contributed by atoms with Crippen LogP contribution in [0.1, 0.15) is 13.8 Å². The lowest BCUT2D eigenvalue weighted by atomic mass is 10.4. The smallest absolute Gasteiger partial charge is 0.298 e. The second-order valence-corrected chi connectivity index (χ2v) is 5.66. The Morgan fingerprint density at radius 1 is 1.14 bits per heavy atom. The highest BCUT2D eigenvalue weighted by atomic mass is 28.3. The van der Waals surface area contributed by atoms with E-state index in [1.807, 2.05) is 13.8 Å². The van der Waals surface area contributed by atoms with E-state index < -0.39 is 20.0 Å². The minimum absolute atomic E-state index is 0.260. The molecule has 0 unspecified atom stereocenters. The lowest BCUT2D eigenvalue weighted by Crippen LogP contribution is -2.13. The van der Waals surface area contributed by atoms with Gasteiger partial charge in [0.1, 0.15) is 6.79 Å². The summed E-state index contributed by atoms with van der Waals surface area (Å²) < 4.78 is 25.1. The molecular weight excluding hydrogens is 220 g/mol. The second kappa shape index (κ2) is 10.9. The van der Waals surface area contributed by atoms with Gasteiger partial charge < -0.3 is 22.4 Å². The molecule has 14 heavy (non-hydrogen) atoms. The first-order valence-corrected chi connectivity index (χ1v) is 6.55. The highest BCUT2D eigenvalue weighted by Gasteiger charge is 1.90. The lowest BCUT2D eigenvalue weighted by Gasteiger charge is -2.05. The Morgan fingerprint density at radius 2 is 1.79 bits per heavy atom. The first kappa shape index (κ1) is 13.8. The van der Waals surface area contributed by atoms with Crippen molar-refractivity contribution in [1.29, 1.82) is 0 Å². The molecular formula is C7H18O5Si2. The first-order chi connectivity index (χ1) is 6.77. The largest absolute Gasteiger partial charge is 0.476 e. The molecule has 0 amide bonds. The van der Waals surface area contributed by atoms with Crippen molar-refractivity contribution < 1.29 is 22.4 Å². The highest BCUT2D eigenvalue weighted by molar-refractivity contribution is 6.34. The average Bonchev–Trinajstić information content (AvgIpc) is 2.15. The zero-order chi connectivity index (χ0) is 10.6. The van der Waals surface area contributed by atoms with E-state index in [1.54, 1.807) is 13.4 Å². The standard InChI is InChI=1S/C7H18O5Si2/c1-7(2)4-9-6-11-14-12-13-10-5-8-3/h4H,5-6,13-14H2,1-3H3. The van der Waals surface area contributed by atoms with Gasteiger partial charge in [0.05, 0.1) is 6.26 Å². The van der Waals surface area contributed by atoms with Crippen LogP contribution in [0.15, 0.2) is 11.8 Å². The minimum Gasteiger partial charge on any atom is -0.476 e. The van der Waals surface area contributed by atoms with Gasteiger partial charge in [-0.05, 0) is 19.4 Å². The number of hydrogen-bond acceptors (Lipinski definition) is 5. The van der Waals surface area contributed by atoms with Crippen LogP contribution in [0.4, 0.5) is 0 Å². The Kier molecular flexibility index (Phi) is 10.7. The summed E-state index contributed by atoms with van der Waals surface area (Å²) in [7, 11) is -0.265. The number of allylic oxidation sites excluding steroid dienone is 1. The van der Waals surface area contributed by atoms with Crippen molar-refractivity contribution in [2.75, 3.05) is 20.7 Å². The molecule has 0 bridgehead atoms. The zero-order valence-corrected chi connectivity index (χ0v) is 11.8. The molecule has 0 rings (SSSR count). The summed E-state index contributed by atoms with van der Waals surface area (Å²) in [5.74, 6) is 0. The molecule has 7 heteroatoms. The summed E-state index contributed by atoms with van der Waals surface area (Å²) in [6.45, 7) is 4.48. The van der Waals surface area contributed by atoms with Gasteiger partial charge in [-0.1, -0.05) is 0 Å². The van der Waals surface area contributed by atoms with Crippen molar-refractivity contribution in [2.24, 2.45) is 0 Å². The molecule has 0 N–H and O–H groups in total. The Labute approximate surface area is 89.4 Å². The third-order valence-corrected chi connectivity index (χ3v) is 3.00. The van der Waals surface area contributed by atoms with Crippen LogP contribution >= 0.6 is 0 Å². The maximum atomic E-state index is 5.20. The Hall–Kier alpha value is -0.186. The summed E-state index contributed by atoms with van der Waals surface area (Å²) in [4.78, 5) is 0. The molecule has 0 spiro atoms. The van der Waals surface area contributed by atoms with E-state index in [4.69, 9.17) is 17.7 Å². The van der Waals surface area contributed by atoms with E-state index in [2.05, 4.69) is 4.74 Å². The Balaban J connectivity index is 2.96. The predicted octanol–water partition coefficient (Wildman–Crippen LogP) is -0.465. The number of ether oxygens (including phenoxy) is 2. The number of hydrogen-bond donors (Lipinski definition) is 0. The van der Waals surface area contributed by atoms with E-state index in [0.717, 1.165) is 5.57 Å². The molecule has 84 valence electrons. The van der Waals surface area contributed by atoms with E-state index in [0.29, 0.717) is 6.79 Å². The molecule has 0 aromatic heterocycles. The maximum absolute atomic E-state index is 5.20. The highest BCUT2D eigenvalue weighted by Crippen LogP contribution is 1.89. The van der Waals surface area contributed by atoms with Crippen molar-refractivity contribution in [3.63, 3.8) is 0 Å². The van der Waals surface area contributed by atoms with Crippen LogP contribution < -0.4 is 0 Å². The van der Waals surface area contributed by atoms with Gasteiger partial charge in [-0.3, -0.25) is 0 Å². The predicted molar refractivity (Wildman–Crippen MR) is 57.6 cm³/mol. The normalized spacial score (nSPS) is 11.6. The molecule has 0 saturated carbocycles. The molecule has 0 saturated heterocycles. The topological polar surface area (TPSA) is 46.2 Å². The van der Waals surface area contributed by atoms with E-state index >= 15 is 0 Å². The van der Waals surface area contributed by atoms with Gasteiger partial charge in [0.15, 0.2) is 6.79 Å². The van der Waals surface area contributed by atoms with Gasteiger partial charge in [-0.25, -0.2) is 0 Å². The van der Waals surface area contributed by atoms with E-state index in [1.165, 1.54) is 0 Å². The van der Waals surface area contributed by atoms with Crippen LogP contribution in [0.25, 0.3) is 0 Å². The van der Waals surface area contributed by atoms with Crippen LogP contribution in [0.5, 0.6) is 0 Å². The van der Waals surface area contributed by atoms with Crippen molar-refractivity contribution >= 4 is 20.0 Å². The summed E-state index contributed by atoms with van der Waals surface area (Å²) in [5, 5.41) is 0. The van der Waals surface area contributed by atoms with Crippen molar-refractivity contribution in [1.82, 2.24) is 0 Å². The Bertz CT molecular complexity index is 149. The fourth-order valence-electron chi connectivity index (χ4n) is 0.552. The third-order valence-electron chi connectivity index (χ3n) is 1.00. The average molecular weight is 238 g/mol. The van der Waals surface area contributed by atoms with Crippen LogP contribution in [0, 0.1) is 0 Å².